The Morgan fingerprint density at radius 1 is 1.32 bits per heavy atom. The van der Waals surface area contributed by atoms with Gasteiger partial charge in [-0.3, -0.25) is 0 Å². The van der Waals surface area contributed by atoms with E-state index in [0.717, 1.165) is 11.8 Å². The minimum absolute atomic E-state index is 0.0576. The largest absolute Gasteiger partial charge is 0.394 e. The number of aromatic nitrogens is 2. The summed E-state index contributed by atoms with van der Waals surface area (Å²) in [5.74, 6) is -0.190. The van der Waals surface area contributed by atoms with E-state index in [9.17, 15) is 9.50 Å². The van der Waals surface area contributed by atoms with Crippen LogP contribution in [-0.4, -0.2) is 28.7 Å². The Morgan fingerprint density at radius 2 is 2.05 bits per heavy atom. The van der Waals surface area contributed by atoms with Crippen LogP contribution in [0.5, 0.6) is 0 Å². The van der Waals surface area contributed by atoms with E-state index in [1.54, 1.807) is 7.05 Å². The van der Waals surface area contributed by atoms with Gasteiger partial charge in [0.05, 0.1) is 18.8 Å². The molecule has 19 heavy (non-hydrogen) atoms. The molecule has 5 nitrogen and oxygen atoms in total. The van der Waals surface area contributed by atoms with Gasteiger partial charge in [-0.15, -0.1) is 0 Å². The maximum absolute atomic E-state index is 13.6. The number of aliphatic hydroxyl groups is 1. The van der Waals surface area contributed by atoms with Crippen molar-refractivity contribution in [2.75, 3.05) is 24.3 Å². The van der Waals surface area contributed by atoms with Crippen LogP contribution in [0.1, 0.15) is 11.6 Å². The van der Waals surface area contributed by atoms with E-state index < -0.39 is 11.9 Å². The van der Waals surface area contributed by atoms with Crippen molar-refractivity contribution in [2.45, 2.75) is 6.04 Å². The first-order valence-corrected chi connectivity index (χ1v) is 5.87. The van der Waals surface area contributed by atoms with E-state index in [1.165, 1.54) is 0 Å². The van der Waals surface area contributed by atoms with Gasteiger partial charge >= 0.3 is 0 Å². The Hall–Kier alpha value is -2.21. The molecule has 2 rings (SSSR count). The highest BCUT2D eigenvalue weighted by atomic mass is 19.1. The minimum atomic E-state index is -0.562. The zero-order chi connectivity index (χ0) is 13.7. The lowest BCUT2D eigenvalue weighted by Gasteiger charge is -2.17. The van der Waals surface area contributed by atoms with E-state index in [-0.39, 0.29) is 12.4 Å². The molecule has 0 spiro atoms. The first kappa shape index (κ1) is 13.2. The maximum atomic E-state index is 13.6. The molecule has 100 valence electrons. The van der Waals surface area contributed by atoms with E-state index in [1.807, 2.05) is 30.3 Å². The highest BCUT2D eigenvalue weighted by Crippen LogP contribution is 2.20. The number of nitrogens with zero attached hydrogens (tertiary/aromatic N) is 2. The van der Waals surface area contributed by atoms with Crippen molar-refractivity contribution in [2.24, 2.45) is 0 Å². The molecular weight excluding hydrogens is 247 g/mol. The molecular formula is C13H15FN4O. The highest BCUT2D eigenvalue weighted by Gasteiger charge is 2.14. The van der Waals surface area contributed by atoms with Gasteiger partial charge in [-0.2, -0.15) is 4.98 Å². The summed E-state index contributed by atoms with van der Waals surface area (Å²) in [5, 5.41) is 15.0. The first-order chi connectivity index (χ1) is 9.24. The van der Waals surface area contributed by atoms with Crippen LogP contribution >= 0.6 is 0 Å². The van der Waals surface area contributed by atoms with Gasteiger partial charge in [0.15, 0.2) is 11.6 Å². The molecule has 0 radical (unpaired) electrons. The predicted molar refractivity (Wildman–Crippen MR) is 71.4 cm³/mol. The first-order valence-electron chi connectivity index (χ1n) is 5.87. The smallest absolute Gasteiger partial charge is 0.224 e. The molecule has 0 saturated carbocycles. The molecule has 1 aromatic carbocycles. The van der Waals surface area contributed by atoms with E-state index in [0.29, 0.717) is 5.95 Å². The molecule has 1 aromatic heterocycles. The number of hydrogen-bond acceptors (Lipinski definition) is 5. The van der Waals surface area contributed by atoms with Crippen molar-refractivity contribution in [1.29, 1.82) is 0 Å². The van der Waals surface area contributed by atoms with Crippen LogP contribution < -0.4 is 10.6 Å². The second kappa shape index (κ2) is 6.10. The fourth-order valence-corrected chi connectivity index (χ4v) is 1.67. The van der Waals surface area contributed by atoms with Crippen LogP contribution in [0.15, 0.2) is 36.5 Å². The van der Waals surface area contributed by atoms with Gasteiger partial charge in [-0.25, -0.2) is 9.37 Å². The van der Waals surface area contributed by atoms with E-state index in [2.05, 4.69) is 20.6 Å². The molecule has 0 saturated heterocycles. The maximum Gasteiger partial charge on any atom is 0.224 e. The number of rotatable bonds is 5. The molecule has 0 aliphatic carbocycles. The second-order valence-electron chi connectivity index (χ2n) is 3.93. The van der Waals surface area contributed by atoms with Crippen molar-refractivity contribution in [3.8, 4) is 0 Å². The van der Waals surface area contributed by atoms with Gasteiger partial charge in [-0.1, -0.05) is 30.3 Å². The Balaban J connectivity index is 2.23. The summed E-state index contributed by atoms with van der Waals surface area (Å²) in [7, 11) is 1.65. The van der Waals surface area contributed by atoms with Crippen LogP contribution in [0.2, 0.25) is 0 Å². The topological polar surface area (TPSA) is 70.1 Å². The van der Waals surface area contributed by atoms with Gasteiger partial charge in [0.1, 0.15) is 0 Å². The Labute approximate surface area is 110 Å². The lowest BCUT2D eigenvalue weighted by Crippen LogP contribution is -2.17. The van der Waals surface area contributed by atoms with Gasteiger partial charge in [0.25, 0.3) is 0 Å². The van der Waals surface area contributed by atoms with Crippen molar-refractivity contribution in [3.05, 3.63) is 47.9 Å². The zero-order valence-electron chi connectivity index (χ0n) is 10.5. The third-order valence-corrected chi connectivity index (χ3v) is 2.66. The van der Waals surface area contributed by atoms with Crippen LogP contribution in [0.25, 0.3) is 0 Å². The standard InChI is InChI=1S/C13H15FN4O/c1-15-13-16-7-10(14)12(18-13)17-11(8-19)9-5-3-2-4-6-9/h2-7,11,19H,8H2,1H3,(H2,15,16,17,18). The Bertz CT molecular complexity index is 535. The predicted octanol–water partition coefficient (Wildman–Crippen LogP) is 1.80. The summed E-state index contributed by atoms with van der Waals surface area (Å²) < 4.78 is 13.6. The lowest BCUT2D eigenvalue weighted by molar-refractivity contribution is 0.276. The molecule has 0 amide bonds. The molecule has 1 heterocycles. The summed E-state index contributed by atoms with van der Waals surface area (Å²) in [6.07, 6.45) is 1.08. The molecule has 0 aliphatic rings. The monoisotopic (exact) mass is 262 g/mol. The van der Waals surface area contributed by atoms with Crippen LogP contribution in [0.4, 0.5) is 16.2 Å². The zero-order valence-corrected chi connectivity index (χ0v) is 10.5. The van der Waals surface area contributed by atoms with Crippen molar-refractivity contribution in [1.82, 2.24) is 9.97 Å². The average molecular weight is 262 g/mol. The van der Waals surface area contributed by atoms with Crippen molar-refractivity contribution < 1.29 is 9.50 Å². The van der Waals surface area contributed by atoms with Gasteiger partial charge in [-0.05, 0) is 5.56 Å². The number of nitrogens with one attached hydrogen (secondary N) is 2. The van der Waals surface area contributed by atoms with Crippen LogP contribution in [0, 0.1) is 5.82 Å². The third-order valence-electron chi connectivity index (χ3n) is 2.66. The average Bonchev–Trinajstić information content (AvgIpc) is 2.47. The van der Waals surface area contributed by atoms with Gasteiger partial charge in [0, 0.05) is 7.05 Å². The minimum Gasteiger partial charge on any atom is -0.394 e. The SMILES string of the molecule is CNc1ncc(F)c(NC(CO)c2ccccc2)n1. The number of aliphatic hydroxyl groups excluding tert-OH is 1. The van der Waals surface area contributed by atoms with E-state index >= 15 is 0 Å². The number of anilines is 2. The number of halogens is 1. The molecule has 0 fully saturated rings. The number of hydrogen-bond donors (Lipinski definition) is 3. The van der Waals surface area contributed by atoms with Gasteiger partial charge < -0.3 is 15.7 Å². The fraction of sp³-hybridized carbons (Fsp3) is 0.231. The highest BCUT2D eigenvalue weighted by molar-refractivity contribution is 5.43. The quantitative estimate of drug-likeness (QED) is 0.766. The van der Waals surface area contributed by atoms with Crippen molar-refractivity contribution >= 4 is 11.8 Å². The fourth-order valence-electron chi connectivity index (χ4n) is 1.67. The van der Waals surface area contributed by atoms with Crippen molar-refractivity contribution in [3.63, 3.8) is 0 Å². The summed E-state index contributed by atoms with van der Waals surface area (Å²) in [6, 6.07) is 8.87. The molecule has 6 heteroatoms. The third kappa shape index (κ3) is 3.17. The molecule has 0 bridgehead atoms. The Morgan fingerprint density at radius 3 is 2.68 bits per heavy atom. The summed E-state index contributed by atoms with van der Waals surface area (Å²) in [6.45, 7) is -0.164. The second-order valence-corrected chi connectivity index (χ2v) is 3.93. The Kier molecular flexibility index (Phi) is 4.25. The van der Waals surface area contributed by atoms with Gasteiger partial charge in [0.2, 0.25) is 5.95 Å². The number of benzene rings is 1. The normalized spacial score (nSPS) is 11.9. The van der Waals surface area contributed by atoms with Crippen LogP contribution in [0.3, 0.4) is 0 Å². The molecule has 2 aromatic rings. The molecule has 3 N–H and O–H groups in total. The molecule has 1 unspecified atom stereocenters. The summed E-state index contributed by atoms with van der Waals surface area (Å²) in [5.41, 5.74) is 0.856. The molecule has 0 aliphatic heterocycles. The summed E-state index contributed by atoms with van der Waals surface area (Å²) in [4.78, 5) is 7.75. The molecule has 1 atom stereocenters. The lowest BCUT2D eigenvalue weighted by atomic mass is 10.1. The summed E-state index contributed by atoms with van der Waals surface area (Å²) >= 11 is 0. The van der Waals surface area contributed by atoms with E-state index in [4.69, 9.17) is 0 Å². The van der Waals surface area contributed by atoms with Crippen LogP contribution in [-0.2, 0) is 0 Å².